The van der Waals surface area contributed by atoms with Crippen molar-refractivity contribution in [2.45, 2.75) is 24.4 Å². The molecule has 0 aliphatic rings. The van der Waals surface area contributed by atoms with Gasteiger partial charge >= 0.3 is 6.18 Å². The van der Waals surface area contributed by atoms with E-state index in [-0.39, 0.29) is 15.6 Å². The van der Waals surface area contributed by atoms with Crippen LogP contribution in [-0.4, -0.2) is 20.9 Å². The summed E-state index contributed by atoms with van der Waals surface area (Å²) in [6.07, 6.45) is -4.04. The van der Waals surface area contributed by atoms with E-state index >= 15 is 0 Å². The minimum absolute atomic E-state index is 0.0557. The highest BCUT2D eigenvalue weighted by molar-refractivity contribution is 7.92. The minimum Gasteiger partial charge on any atom is -0.324 e. The molecule has 5 nitrogen and oxygen atoms in total. The van der Waals surface area contributed by atoms with Crippen molar-refractivity contribution in [3.8, 4) is 0 Å². The lowest BCUT2D eigenvalue weighted by molar-refractivity contribution is -0.137. The second-order valence-electron chi connectivity index (χ2n) is 7.08. The summed E-state index contributed by atoms with van der Waals surface area (Å²) in [5, 5.41) is 2.02. The average Bonchev–Trinajstić information content (AvgIpc) is 2.78. The predicted molar refractivity (Wildman–Crippen MR) is 122 cm³/mol. The van der Waals surface area contributed by atoms with Gasteiger partial charge in [-0.1, -0.05) is 48.9 Å². The molecule has 0 radical (unpaired) electrons. The molecule has 174 valence electrons. The Hall–Kier alpha value is -3.04. The largest absolute Gasteiger partial charge is 0.418 e. The van der Waals surface area contributed by atoms with E-state index in [0.717, 1.165) is 22.4 Å². The Balaban J connectivity index is 1.96. The van der Waals surface area contributed by atoms with E-state index in [9.17, 15) is 26.4 Å². The maximum absolute atomic E-state index is 13.4. The summed E-state index contributed by atoms with van der Waals surface area (Å²) in [4.78, 5) is 12.7. The van der Waals surface area contributed by atoms with Gasteiger partial charge in [-0.15, -0.1) is 0 Å². The molecule has 0 aliphatic carbocycles. The quantitative estimate of drug-likeness (QED) is 0.452. The molecule has 0 unspecified atom stereocenters. The SMILES string of the molecule is CCc1ccc(N(CC(=O)Nc2ccc(Cl)cc2C(F)(F)F)S(=O)(=O)c2ccccc2)cc1. The number of sulfonamides is 1. The van der Waals surface area contributed by atoms with Gasteiger partial charge in [-0.05, 0) is 54.4 Å². The number of hydrogen-bond donors (Lipinski definition) is 1. The Labute approximate surface area is 194 Å². The number of benzene rings is 3. The summed E-state index contributed by atoms with van der Waals surface area (Å²) in [5.74, 6) is -0.943. The molecule has 0 aliphatic heterocycles. The first-order chi connectivity index (χ1) is 15.5. The van der Waals surface area contributed by atoms with E-state index in [2.05, 4.69) is 5.32 Å². The number of aryl methyl sites for hydroxylation is 1. The Kier molecular flexibility index (Phi) is 7.34. The lowest BCUT2D eigenvalue weighted by Crippen LogP contribution is -2.38. The smallest absolute Gasteiger partial charge is 0.324 e. The van der Waals surface area contributed by atoms with Crippen molar-refractivity contribution in [3.63, 3.8) is 0 Å². The molecule has 0 saturated heterocycles. The second kappa shape index (κ2) is 9.84. The molecule has 0 atom stereocenters. The highest BCUT2D eigenvalue weighted by Crippen LogP contribution is 2.36. The zero-order chi connectivity index (χ0) is 24.2. The first-order valence-corrected chi connectivity index (χ1v) is 11.7. The number of hydrogen-bond acceptors (Lipinski definition) is 3. The van der Waals surface area contributed by atoms with Gasteiger partial charge < -0.3 is 5.32 Å². The zero-order valence-electron chi connectivity index (χ0n) is 17.4. The number of halogens is 4. The summed E-state index contributed by atoms with van der Waals surface area (Å²) in [6.45, 7) is 1.20. The molecule has 33 heavy (non-hydrogen) atoms. The lowest BCUT2D eigenvalue weighted by Gasteiger charge is -2.24. The van der Waals surface area contributed by atoms with Crippen LogP contribution in [0.15, 0.2) is 77.7 Å². The van der Waals surface area contributed by atoms with Crippen LogP contribution in [0.4, 0.5) is 24.5 Å². The van der Waals surface area contributed by atoms with Crippen molar-refractivity contribution >= 4 is 38.9 Å². The first-order valence-electron chi connectivity index (χ1n) is 9.85. The van der Waals surface area contributed by atoms with Crippen LogP contribution in [-0.2, 0) is 27.4 Å². The molecule has 3 aromatic rings. The summed E-state index contributed by atoms with van der Waals surface area (Å²) in [6, 6.07) is 16.9. The van der Waals surface area contributed by atoms with E-state index in [1.54, 1.807) is 30.3 Å². The molecule has 3 rings (SSSR count). The number of anilines is 2. The van der Waals surface area contributed by atoms with Gasteiger partial charge in [0.1, 0.15) is 6.54 Å². The van der Waals surface area contributed by atoms with Crippen LogP contribution in [0.5, 0.6) is 0 Å². The van der Waals surface area contributed by atoms with Gasteiger partial charge in [0.2, 0.25) is 5.91 Å². The number of rotatable bonds is 7. The standard InChI is InChI=1S/C23H20ClF3N2O3S/c1-2-16-8-11-18(12-9-16)29(33(31,32)19-6-4-3-5-7-19)15-22(30)28-21-13-10-17(24)14-20(21)23(25,26)27/h3-14H,2,15H2,1H3,(H,28,30). The Morgan fingerprint density at radius 2 is 1.64 bits per heavy atom. The third kappa shape index (κ3) is 5.85. The minimum atomic E-state index is -4.76. The van der Waals surface area contributed by atoms with Crippen LogP contribution in [0.25, 0.3) is 0 Å². The van der Waals surface area contributed by atoms with Crippen molar-refractivity contribution in [2.24, 2.45) is 0 Å². The second-order valence-corrected chi connectivity index (χ2v) is 9.38. The highest BCUT2D eigenvalue weighted by Gasteiger charge is 2.35. The van der Waals surface area contributed by atoms with Gasteiger partial charge in [0, 0.05) is 5.02 Å². The van der Waals surface area contributed by atoms with Gasteiger partial charge in [-0.3, -0.25) is 9.10 Å². The van der Waals surface area contributed by atoms with Crippen LogP contribution in [0, 0.1) is 0 Å². The normalized spacial score (nSPS) is 11.8. The Bertz CT molecular complexity index is 1230. The fourth-order valence-corrected chi connectivity index (χ4v) is 4.73. The fourth-order valence-electron chi connectivity index (χ4n) is 3.11. The van der Waals surface area contributed by atoms with Crippen molar-refractivity contribution in [1.29, 1.82) is 0 Å². The summed E-state index contributed by atoms with van der Waals surface area (Å²) in [7, 11) is -4.18. The fraction of sp³-hybridized carbons (Fsp3) is 0.174. The van der Waals surface area contributed by atoms with Crippen LogP contribution in [0.3, 0.4) is 0 Å². The van der Waals surface area contributed by atoms with Crippen LogP contribution in [0.2, 0.25) is 5.02 Å². The maximum Gasteiger partial charge on any atom is 0.418 e. The molecular formula is C23H20ClF3N2O3S. The van der Waals surface area contributed by atoms with Crippen LogP contribution < -0.4 is 9.62 Å². The van der Waals surface area contributed by atoms with Crippen LogP contribution >= 0.6 is 11.6 Å². The number of nitrogens with one attached hydrogen (secondary N) is 1. The number of carbonyl (C=O) groups excluding carboxylic acids is 1. The maximum atomic E-state index is 13.4. The van der Waals surface area contributed by atoms with Crippen molar-refractivity contribution < 1.29 is 26.4 Å². The highest BCUT2D eigenvalue weighted by atomic mass is 35.5. The zero-order valence-corrected chi connectivity index (χ0v) is 19.0. The topological polar surface area (TPSA) is 66.5 Å². The van der Waals surface area contributed by atoms with Crippen molar-refractivity contribution in [3.05, 3.63) is 88.9 Å². The lowest BCUT2D eigenvalue weighted by atomic mass is 10.1. The molecular weight excluding hydrogens is 477 g/mol. The monoisotopic (exact) mass is 496 g/mol. The molecule has 10 heteroatoms. The molecule has 0 bridgehead atoms. The molecule has 1 N–H and O–H groups in total. The van der Waals surface area contributed by atoms with E-state index < -0.39 is 39.9 Å². The average molecular weight is 497 g/mol. The van der Waals surface area contributed by atoms with E-state index in [1.165, 1.54) is 30.3 Å². The van der Waals surface area contributed by atoms with E-state index in [4.69, 9.17) is 11.6 Å². The summed E-state index contributed by atoms with van der Waals surface area (Å²) >= 11 is 5.68. The van der Waals surface area contributed by atoms with E-state index in [1.807, 2.05) is 6.92 Å². The van der Waals surface area contributed by atoms with E-state index in [0.29, 0.717) is 6.07 Å². The van der Waals surface area contributed by atoms with Crippen molar-refractivity contribution in [1.82, 2.24) is 0 Å². The summed E-state index contributed by atoms with van der Waals surface area (Å²) < 4.78 is 67.6. The Morgan fingerprint density at radius 3 is 2.21 bits per heavy atom. The number of amides is 1. The number of carbonyl (C=O) groups is 1. The third-order valence-corrected chi connectivity index (χ3v) is 6.84. The van der Waals surface area contributed by atoms with Gasteiger partial charge in [-0.2, -0.15) is 13.2 Å². The van der Waals surface area contributed by atoms with Gasteiger partial charge in [0.25, 0.3) is 10.0 Å². The third-order valence-electron chi connectivity index (χ3n) is 4.81. The van der Waals surface area contributed by atoms with Crippen molar-refractivity contribution in [2.75, 3.05) is 16.2 Å². The molecule has 0 heterocycles. The van der Waals surface area contributed by atoms with Crippen LogP contribution in [0.1, 0.15) is 18.1 Å². The molecule has 0 saturated carbocycles. The number of alkyl halides is 3. The number of nitrogens with zero attached hydrogens (tertiary/aromatic N) is 1. The molecule has 0 spiro atoms. The molecule has 0 fully saturated rings. The van der Waals surface area contributed by atoms with Gasteiger partial charge in [-0.25, -0.2) is 8.42 Å². The predicted octanol–water partition coefficient (Wildman–Crippen LogP) is 5.76. The molecule has 0 aromatic heterocycles. The summed E-state index contributed by atoms with van der Waals surface area (Å²) in [5.41, 5.74) is -0.488. The van der Waals surface area contributed by atoms with Gasteiger partial charge in [0.05, 0.1) is 21.8 Å². The molecule has 3 aromatic carbocycles. The molecule has 1 amide bonds. The van der Waals surface area contributed by atoms with Gasteiger partial charge in [0.15, 0.2) is 0 Å². The Morgan fingerprint density at radius 1 is 1.00 bits per heavy atom. The first kappa shape index (κ1) is 24.6.